The van der Waals surface area contributed by atoms with Gasteiger partial charge in [-0.15, -0.1) is 0 Å². The van der Waals surface area contributed by atoms with Crippen molar-refractivity contribution in [2.45, 2.75) is 32.1 Å². The van der Waals surface area contributed by atoms with Gasteiger partial charge in [0.2, 0.25) is 0 Å². The largest absolute Gasteiger partial charge is 0.595 e. The minimum absolute atomic E-state index is 0.0711. The van der Waals surface area contributed by atoms with Gasteiger partial charge in [0.1, 0.15) is 6.61 Å². The summed E-state index contributed by atoms with van der Waals surface area (Å²) >= 11 is 0. The van der Waals surface area contributed by atoms with Gasteiger partial charge in [0, 0.05) is 17.2 Å². The Labute approximate surface area is 163 Å². The number of nitrogens with one attached hydrogen (secondary N) is 1. The first-order valence-electron chi connectivity index (χ1n) is 9.18. The number of aliphatic hydroxyl groups is 1. The molecule has 0 fully saturated rings. The molecule has 0 saturated carbocycles. The molecule has 3 N–H and O–H groups in total. The standard InChI is InChI=1S/C20H17N3O6/c1-2-20(26)13-7-16-17-10(8-22(16)18(24)12(13)9-29-19(20)25)6-11-14(21-17)4-3-5-15(11)23(27)28/h3-7,23,26-27H,2,8-9H2,1H3/t20-/m0/s1. The van der Waals surface area contributed by atoms with Gasteiger partial charge in [0.25, 0.3) is 5.56 Å². The molecular formula is C20H17N3O6. The van der Waals surface area contributed by atoms with Crippen LogP contribution in [-0.4, -0.2) is 25.8 Å². The van der Waals surface area contributed by atoms with Crippen LogP contribution in [-0.2, 0) is 28.3 Å². The van der Waals surface area contributed by atoms with E-state index in [1.165, 1.54) is 10.6 Å². The Balaban J connectivity index is 1.78. The Bertz CT molecular complexity index is 1270. The van der Waals surface area contributed by atoms with Gasteiger partial charge in [-0.2, -0.15) is 5.23 Å². The molecule has 2 aromatic heterocycles. The molecule has 29 heavy (non-hydrogen) atoms. The van der Waals surface area contributed by atoms with Crippen LogP contribution in [0.1, 0.15) is 30.0 Å². The maximum Gasteiger partial charge on any atom is 0.343 e. The fourth-order valence-electron chi connectivity index (χ4n) is 4.19. The summed E-state index contributed by atoms with van der Waals surface area (Å²) < 4.78 is 6.57. The third kappa shape index (κ3) is 2.33. The van der Waals surface area contributed by atoms with Crippen LogP contribution in [0.25, 0.3) is 22.3 Å². The molecule has 3 aromatic rings. The van der Waals surface area contributed by atoms with E-state index in [0.717, 1.165) is 0 Å². The molecule has 0 bridgehead atoms. The lowest BCUT2D eigenvalue weighted by molar-refractivity contribution is -0.990. The molecule has 9 nitrogen and oxygen atoms in total. The van der Waals surface area contributed by atoms with E-state index in [9.17, 15) is 25.1 Å². The van der Waals surface area contributed by atoms with Gasteiger partial charge in [-0.1, -0.05) is 13.0 Å². The second-order valence-corrected chi connectivity index (χ2v) is 7.28. The zero-order chi connectivity index (χ0) is 20.5. The van der Waals surface area contributed by atoms with Gasteiger partial charge in [-0.25, -0.2) is 15.0 Å². The maximum atomic E-state index is 13.1. The average molecular weight is 395 g/mol. The quantitative estimate of drug-likeness (QED) is 0.333. The third-order valence-electron chi connectivity index (χ3n) is 5.78. The molecule has 4 heterocycles. The van der Waals surface area contributed by atoms with Crippen molar-refractivity contribution < 1.29 is 25.1 Å². The maximum absolute atomic E-state index is 13.1. The highest BCUT2D eigenvalue weighted by Crippen LogP contribution is 2.38. The molecule has 2 atom stereocenters. The molecule has 148 valence electrons. The number of carbonyl (C=O) groups excluding carboxylic acids is 1. The van der Waals surface area contributed by atoms with Crippen molar-refractivity contribution in [1.82, 2.24) is 9.55 Å². The third-order valence-corrected chi connectivity index (χ3v) is 5.78. The second kappa shape index (κ2) is 5.94. The van der Waals surface area contributed by atoms with Gasteiger partial charge < -0.3 is 19.6 Å². The van der Waals surface area contributed by atoms with E-state index in [4.69, 9.17) is 4.74 Å². The van der Waals surface area contributed by atoms with E-state index in [2.05, 4.69) is 4.98 Å². The Morgan fingerprint density at radius 2 is 2.14 bits per heavy atom. The molecule has 0 amide bonds. The monoisotopic (exact) mass is 395 g/mol. The van der Waals surface area contributed by atoms with Crippen LogP contribution in [0.3, 0.4) is 0 Å². The molecule has 1 aromatic carbocycles. The number of hydrogen-bond donors (Lipinski definition) is 3. The number of nitrogens with zero attached hydrogens (tertiary/aromatic N) is 2. The van der Waals surface area contributed by atoms with Crippen molar-refractivity contribution >= 4 is 22.6 Å². The topological polar surface area (TPSA) is 129 Å². The molecule has 9 heteroatoms. The predicted octanol–water partition coefficient (Wildman–Crippen LogP) is 0.483. The molecule has 1 unspecified atom stereocenters. The zero-order valence-electron chi connectivity index (χ0n) is 15.4. The summed E-state index contributed by atoms with van der Waals surface area (Å²) in [6.45, 7) is 1.69. The number of aromatic nitrogens is 2. The molecule has 0 saturated heterocycles. The highest BCUT2D eigenvalue weighted by Gasteiger charge is 2.45. The minimum atomic E-state index is -1.88. The summed E-state index contributed by atoms with van der Waals surface area (Å²) in [6, 6.07) is 8.20. The summed E-state index contributed by atoms with van der Waals surface area (Å²) in [6.07, 6.45) is 0.0711. The summed E-state index contributed by atoms with van der Waals surface area (Å²) in [7, 11) is 0. The van der Waals surface area contributed by atoms with Crippen LogP contribution in [0.5, 0.6) is 0 Å². The van der Waals surface area contributed by atoms with Gasteiger partial charge in [0.15, 0.2) is 11.3 Å². The van der Waals surface area contributed by atoms with Crippen LogP contribution in [0.2, 0.25) is 0 Å². The van der Waals surface area contributed by atoms with Crippen LogP contribution in [0.15, 0.2) is 35.1 Å². The number of esters is 1. The zero-order valence-corrected chi connectivity index (χ0v) is 15.4. The van der Waals surface area contributed by atoms with Crippen LogP contribution in [0.4, 0.5) is 5.69 Å². The summed E-state index contributed by atoms with van der Waals surface area (Å²) in [5.74, 6) is -0.771. The van der Waals surface area contributed by atoms with E-state index in [1.807, 2.05) is 0 Å². The Morgan fingerprint density at radius 3 is 2.86 bits per heavy atom. The van der Waals surface area contributed by atoms with Crippen molar-refractivity contribution in [1.29, 1.82) is 0 Å². The summed E-state index contributed by atoms with van der Waals surface area (Å²) in [5.41, 5.74) is 0.647. The number of pyridine rings is 2. The fraction of sp³-hybridized carbons (Fsp3) is 0.250. The van der Waals surface area contributed by atoms with E-state index >= 15 is 0 Å². The SMILES string of the molecule is CC[C@@]1(O)C(=O)OCc2c1cc1n(c2=O)Cc2cc3c([NH+]([O-])O)cccc3nc2-1. The van der Waals surface area contributed by atoms with Gasteiger partial charge in [-0.3, -0.25) is 4.79 Å². The lowest BCUT2D eigenvalue weighted by Crippen LogP contribution is -2.99. The van der Waals surface area contributed by atoms with Crippen molar-refractivity contribution in [3.63, 3.8) is 0 Å². The molecule has 0 aliphatic carbocycles. The van der Waals surface area contributed by atoms with Crippen molar-refractivity contribution in [2.24, 2.45) is 0 Å². The second-order valence-electron chi connectivity index (χ2n) is 7.28. The first kappa shape index (κ1) is 18.0. The predicted molar refractivity (Wildman–Crippen MR) is 100 cm³/mol. The van der Waals surface area contributed by atoms with Crippen LogP contribution < -0.4 is 10.8 Å². The fourth-order valence-corrected chi connectivity index (χ4v) is 4.19. The Kier molecular flexibility index (Phi) is 3.68. The van der Waals surface area contributed by atoms with E-state index in [1.54, 1.807) is 31.2 Å². The highest BCUT2D eigenvalue weighted by molar-refractivity contribution is 5.91. The number of carbonyl (C=O) groups is 1. The van der Waals surface area contributed by atoms with E-state index < -0.39 is 16.8 Å². The molecule has 2 aliphatic heterocycles. The Morgan fingerprint density at radius 1 is 1.34 bits per heavy atom. The number of quaternary nitrogens is 1. The van der Waals surface area contributed by atoms with Crippen molar-refractivity contribution in [3.05, 3.63) is 62.6 Å². The number of cyclic esters (lactones) is 1. The first-order valence-corrected chi connectivity index (χ1v) is 9.18. The summed E-state index contributed by atoms with van der Waals surface area (Å²) in [4.78, 5) is 29.9. The molecular weight excluding hydrogens is 378 g/mol. The number of rotatable bonds is 2. The number of fused-ring (bicyclic) bond motifs is 5. The van der Waals surface area contributed by atoms with Gasteiger partial charge in [-0.05, 0) is 24.6 Å². The molecule has 5 rings (SSSR count). The molecule has 2 aliphatic rings. The minimum Gasteiger partial charge on any atom is -0.595 e. The molecule has 0 radical (unpaired) electrons. The van der Waals surface area contributed by atoms with Crippen LogP contribution >= 0.6 is 0 Å². The van der Waals surface area contributed by atoms with E-state index in [-0.39, 0.29) is 41.9 Å². The lowest BCUT2D eigenvalue weighted by Gasteiger charge is -2.31. The van der Waals surface area contributed by atoms with Gasteiger partial charge in [0.05, 0.1) is 34.4 Å². The summed E-state index contributed by atoms with van der Waals surface area (Å²) in [5, 5.41) is 31.3. The number of benzene rings is 1. The highest BCUT2D eigenvalue weighted by atomic mass is 16.8. The van der Waals surface area contributed by atoms with Gasteiger partial charge >= 0.3 is 5.97 Å². The number of ether oxygens (including phenoxy) is 1. The van der Waals surface area contributed by atoms with Crippen LogP contribution in [0, 0.1) is 5.21 Å². The van der Waals surface area contributed by atoms with E-state index in [0.29, 0.717) is 27.9 Å². The lowest BCUT2D eigenvalue weighted by atomic mass is 9.86. The van der Waals surface area contributed by atoms with Crippen molar-refractivity contribution in [2.75, 3.05) is 0 Å². The molecule has 0 spiro atoms. The normalized spacial score (nSPS) is 20.8. The number of hydrogen-bond acceptors (Lipinski definition) is 7. The average Bonchev–Trinajstić information content (AvgIpc) is 3.07. The first-order chi connectivity index (χ1) is 13.8. The Hall–Kier alpha value is -3.11. The van der Waals surface area contributed by atoms with Crippen molar-refractivity contribution in [3.8, 4) is 11.4 Å². The smallest absolute Gasteiger partial charge is 0.343 e.